The predicted octanol–water partition coefficient (Wildman–Crippen LogP) is 4.48. The smallest absolute Gasteiger partial charge is 0.414 e. The van der Waals surface area contributed by atoms with Crippen LogP contribution < -0.4 is 5.09 Å². The summed E-state index contributed by atoms with van der Waals surface area (Å²) >= 11 is 0. The van der Waals surface area contributed by atoms with Gasteiger partial charge in [0, 0.05) is 6.04 Å². The van der Waals surface area contributed by atoms with Crippen LogP contribution in [0.1, 0.15) is 38.4 Å². The van der Waals surface area contributed by atoms with Crippen molar-refractivity contribution in [1.29, 1.82) is 0 Å². The molecule has 1 unspecified atom stereocenters. The van der Waals surface area contributed by atoms with Crippen LogP contribution >= 0.6 is 7.75 Å². The van der Waals surface area contributed by atoms with Gasteiger partial charge in [0.15, 0.2) is 0 Å². The van der Waals surface area contributed by atoms with Gasteiger partial charge in [-0.25, -0.2) is 9.65 Å². The first-order chi connectivity index (χ1) is 10.1. The highest BCUT2D eigenvalue weighted by molar-refractivity contribution is 7.52. The van der Waals surface area contributed by atoms with Gasteiger partial charge in [-0.15, -0.1) is 0 Å². The van der Waals surface area contributed by atoms with E-state index in [-0.39, 0.29) is 12.1 Å². The Hall–Kier alpha value is -1.35. The maximum atomic E-state index is 12.8. The Bertz CT molecular complexity index is 624. The van der Waals surface area contributed by atoms with E-state index in [0.717, 1.165) is 18.4 Å². The highest BCUT2D eigenvalue weighted by Gasteiger charge is 2.43. The Morgan fingerprint density at radius 1 is 1.33 bits per heavy atom. The second kappa shape index (κ2) is 5.80. The third-order valence-corrected chi connectivity index (χ3v) is 5.37. The SMILES string of the molecule is CC1=CC(OP2(=O)N[C@@H](C)[C@@H](c3ccccc3)O2)=CCC1. The molecule has 3 atom stereocenters. The van der Waals surface area contributed by atoms with Gasteiger partial charge < -0.3 is 4.52 Å². The van der Waals surface area contributed by atoms with Crippen molar-refractivity contribution in [3.05, 3.63) is 59.4 Å². The molecule has 1 fully saturated rings. The number of allylic oxidation sites excluding steroid dienone is 3. The summed E-state index contributed by atoms with van der Waals surface area (Å²) in [5.74, 6) is 0.635. The molecule has 0 spiro atoms. The monoisotopic (exact) mass is 305 g/mol. The molecule has 1 heterocycles. The standard InChI is InChI=1S/C16H20NO3P/c1-12-7-6-10-15(11-12)19-21(18)17-13(2)16(20-21)14-8-4-3-5-9-14/h3-5,8-11,13,16H,6-7H2,1-2H3,(H,17,18)/t13-,16-,21?/m0/s1. The van der Waals surface area contributed by atoms with Crippen LogP contribution in [-0.4, -0.2) is 6.04 Å². The van der Waals surface area contributed by atoms with Crippen molar-refractivity contribution in [1.82, 2.24) is 5.09 Å². The zero-order chi connectivity index (χ0) is 14.9. The van der Waals surface area contributed by atoms with Gasteiger partial charge in [-0.2, -0.15) is 0 Å². The summed E-state index contributed by atoms with van der Waals surface area (Å²) in [5.41, 5.74) is 2.23. The molecule has 5 heteroatoms. The van der Waals surface area contributed by atoms with Crippen molar-refractivity contribution >= 4 is 7.75 Å². The third-order valence-electron chi connectivity index (χ3n) is 3.69. The van der Waals surface area contributed by atoms with Crippen LogP contribution in [-0.2, 0) is 13.6 Å². The maximum Gasteiger partial charge on any atom is 0.459 e. The molecule has 2 aliphatic rings. The van der Waals surface area contributed by atoms with Crippen molar-refractivity contribution in [3.8, 4) is 0 Å². The zero-order valence-corrected chi connectivity index (χ0v) is 13.2. The van der Waals surface area contributed by atoms with E-state index in [4.69, 9.17) is 9.05 Å². The Balaban J connectivity index is 1.75. The molecular weight excluding hydrogens is 285 g/mol. The summed E-state index contributed by atoms with van der Waals surface area (Å²) in [5, 5.41) is 2.98. The normalized spacial score (nSPS) is 32.5. The minimum atomic E-state index is -3.31. The van der Waals surface area contributed by atoms with E-state index in [1.165, 1.54) is 5.57 Å². The molecule has 4 nitrogen and oxygen atoms in total. The predicted molar refractivity (Wildman–Crippen MR) is 82.6 cm³/mol. The lowest BCUT2D eigenvalue weighted by molar-refractivity contribution is 0.190. The quantitative estimate of drug-likeness (QED) is 0.836. The molecule has 112 valence electrons. The van der Waals surface area contributed by atoms with Gasteiger partial charge in [-0.3, -0.25) is 4.52 Å². The van der Waals surface area contributed by atoms with Crippen LogP contribution in [0.3, 0.4) is 0 Å². The first-order valence-electron chi connectivity index (χ1n) is 7.24. The number of hydrogen-bond acceptors (Lipinski definition) is 3. The maximum absolute atomic E-state index is 12.8. The van der Waals surface area contributed by atoms with Crippen LogP contribution in [0.5, 0.6) is 0 Å². The Morgan fingerprint density at radius 2 is 2.10 bits per heavy atom. The molecule has 1 aliphatic carbocycles. The van der Waals surface area contributed by atoms with E-state index < -0.39 is 7.75 Å². The summed E-state index contributed by atoms with van der Waals surface area (Å²) < 4.78 is 24.1. The first kappa shape index (κ1) is 14.6. The number of rotatable bonds is 3. The fourth-order valence-electron chi connectivity index (χ4n) is 2.65. The van der Waals surface area contributed by atoms with Gasteiger partial charge in [0.25, 0.3) is 0 Å². The fourth-order valence-corrected chi connectivity index (χ4v) is 4.45. The highest BCUT2D eigenvalue weighted by atomic mass is 31.2. The van der Waals surface area contributed by atoms with Crippen molar-refractivity contribution in [3.63, 3.8) is 0 Å². The van der Waals surface area contributed by atoms with Gasteiger partial charge in [-0.1, -0.05) is 35.9 Å². The molecule has 1 N–H and O–H groups in total. The van der Waals surface area contributed by atoms with E-state index in [2.05, 4.69) is 5.09 Å². The molecule has 1 aromatic carbocycles. The van der Waals surface area contributed by atoms with Crippen LogP contribution in [0.25, 0.3) is 0 Å². The molecule has 1 saturated heterocycles. The fraction of sp³-hybridized carbons (Fsp3) is 0.375. The highest BCUT2D eigenvalue weighted by Crippen LogP contribution is 2.57. The summed E-state index contributed by atoms with van der Waals surface area (Å²) in [6.07, 6.45) is 5.56. The molecular formula is C16H20NO3P. The van der Waals surface area contributed by atoms with Crippen molar-refractivity contribution in [2.24, 2.45) is 0 Å². The van der Waals surface area contributed by atoms with Crippen LogP contribution in [0.4, 0.5) is 0 Å². The average molecular weight is 305 g/mol. The second-order valence-electron chi connectivity index (χ2n) is 5.58. The summed E-state index contributed by atoms with van der Waals surface area (Å²) in [6, 6.07) is 9.74. The summed E-state index contributed by atoms with van der Waals surface area (Å²) in [6.45, 7) is 4.00. The minimum Gasteiger partial charge on any atom is -0.414 e. The number of hydrogen-bond donors (Lipinski definition) is 1. The van der Waals surface area contributed by atoms with Crippen LogP contribution in [0.15, 0.2) is 53.8 Å². The molecule has 21 heavy (non-hydrogen) atoms. The minimum absolute atomic E-state index is 0.0625. The van der Waals surface area contributed by atoms with Crippen molar-refractivity contribution in [2.45, 2.75) is 38.8 Å². The molecule has 1 aliphatic heterocycles. The first-order valence-corrected chi connectivity index (χ1v) is 8.78. The molecule has 0 radical (unpaired) electrons. The number of benzene rings is 1. The van der Waals surface area contributed by atoms with E-state index in [9.17, 15) is 4.57 Å². The average Bonchev–Trinajstić information content (AvgIpc) is 2.75. The van der Waals surface area contributed by atoms with E-state index in [1.807, 2.05) is 56.3 Å². The third kappa shape index (κ3) is 3.29. The molecule has 1 aromatic rings. The van der Waals surface area contributed by atoms with Gasteiger partial charge in [0.05, 0.1) is 0 Å². The van der Waals surface area contributed by atoms with Crippen LogP contribution in [0, 0.1) is 0 Å². The largest absolute Gasteiger partial charge is 0.459 e. The molecule has 3 rings (SSSR count). The van der Waals surface area contributed by atoms with E-state index in [0.29, 0.717) is 5.76 Å². The van der Waals surface area contributed by atoms with Crippen LogP contribution in [0.2, 0.25) is 0 Å². The lowest BCUT2D eigenvalue weighted by atomic mass is 10.0. The topological polar surface area (TPSA) is 47.6 Å². The van der Waals surface area contributed by atoms with Crippen molar-refractivity contribution in [2.75, 3.05) is 0 Å². The van der Waals surface area contributed by atoms with Gasteiger partial charge in [0.1, 0.15) is 11.9 Å². The summed E-state index contributed by atoms with van der Waals surface area (Å²) in [7, 11) is -3.31. The lowest BCUT2D eigenvalue weighted by Crippen LogP contribution is -2.20. The Morgan fingerprint density at radius 3 is 2.81 bits per heavy atom. The molecule has 0 bridgehead atoms. The number of nitrogens with one attached hydrogen (secondary N) is 1. The van der Waals surface area contributed by atoms with Crippen molar-refractivity contribution < 1.29 is 13.6 Å². The second-order valence-corrected chi connectivity index (χ2v) is 7.23. The lowest BCUT2D eigenvalue weighted by Gasteiger charge is -2.17. The summed E-state index contributed by atoms with van der Waals surface area (Å²) in [4.78, 5) is 0. The molecule has 0 amide bonds. The van der Waals surface area contributed by atoms with E-state index >= 15 is 0 Å². The Kier molecular flexibility index (Phi) is 4.03. The molecule has 0 aromatic heterocycles. The van der Waals surface area contributed by atoms with Gasteiger partial charge in [0.2, 0.25) is 0 Å². The van der Waals surface area contributed by atoms with Gasteiger partial charge >= 0.3 is 7.75 Å². The molecule has 0 saturated carbocycles. The zero-order valence-electron chi connectivity index (χ0n) is 12.3. The Labute approximate surface area is 125 Å². The van der Waals surface area contributed by atoms with E-state index in [1.54, 1.807) is 0 Å². The van der Waals surface area contributed by atoms with Gasteiger partial charge in [-0.05, 0) is 44.4 Å².